The number of amides is 1. The fraction of sp³-hybridized carbons (Fsp3) is 0.500. The highest BCUT2D eigenvalue weighted by atomic mass is 16.6. The molecule has 0 unspecified atom stereocenters. The number of aromatic amines is 1. The molecule has 0 aliphatic heterocycles. The number of aromatic nitrogens is 2. The van der Waals surface area contributed by atoms with Crippen molar-refractivity contribution < 1.29 is 9.53 Å². The molecule has 1 rings (SSSR count). The summed E-state index contributed by atoms with van der Waals surface area (Å²) in [4.78, 5) is 17.6. The highest BCUT2D eigenvalue weighted by Crippen LogP contribution is 2.09. The lowest BCUT2D eigenvalue weighted by atomic mass is 10.2. The number of H-pyrrole nitrogens is 1. The van der Waals surface area contributed by atoms with E-state index in [1.165, 1.54) is 6.20 Å². The third-order valence-electron chi connectivity index (χ3n) is 1.21. The van der Waals surface area contributed by atoms with E-state index in [2.05, 4.69) is 15.3 Å². The minimum Gasteiger partial charge on any atom is -0.444 e. The van der Waals surface area contributed by atoms with Crippen LogP contribution >= 0.6 is 0 Å². The number of nitrogens with one attached hydrogen (secondary N) is 2. The number of nitrogens with zero attached hydrogens (tertiary/aromatic N) is 1. The Labute approximate surface area is 81.8 Å². The fourth-order valence-corrected chi connectivity index (χ4v) is 0.799. The molecule has 0 saturated carbocycles. The van der Waals surface area contributed by atoms with Gasteiger partial charge in [0.05, 0.1) is 6.20 Å². The van der Waals surface area contributed by atoms with Crippen LogP contribution in [0.25, 0.3) is 0 Å². The zero-order valence-corrected chi connectivity index (χ0v) is 8.42. The summed E-state index contributed by atoms with van der Waals surface area (Å²) in [5, 5.41) is 2.41. The van der Waals surface area contributed by atoms with Crippen LogP contribution in [0.5, 0.6) is 0 Å². The Hall–Kier alpha value is -1.72. The topological polar surface area (TPSA) is 93.0 Å². The van der Waals surface area contributed by atoms with Gasteiger partial charge in [-0.3, -0.25) is 5.32 Å². The summed E-state index contributed by atoms with van der Waals surface area (Å²) in [7, 11) is 0. The zero-order chi connectivity index (χ0) is 10.8. The Morgan fingerprint density at radius 3 is 2.71 bits per heavy atom. The number of ether oxygens (including phenoxy) is 1. The molecule has 0 aliphatic carbocycles. The molecule has 0 atom stereocenters. The number of rotatable bonds is 1. The summed E-state index contributed by atoms with van der Waals surface area (Å²) >= 11 is 0. The minimum atomic E-state index is -0.563. The number of nitrogens with two attached hydrogens (primary N) is 1. The first kappa shape index (κ1) is 10.4. The van der Waals surface area contributed by atoms with Gasteiger partial charge in [-0.15, -0.1) is 0 Å². The molecule has 0 radical (unpaired) electrons. The second kappa shape index (κ2) is 3.57. The zero-order valence-electron chi connectivity index (χ0n) is 8.42. The second-order valence-corrected chi connectivity index (χ2v) is 3.81. The molecule has 0 saturated heterocycles. The first-order valence-corrected chi connectivity index (χ1v) is 4.17. The van der Waals surface area contributed by atoms with Crippen LogP contribution in [0, 0.1) is 0 Å². The molecule has 0 spiro atoms. The van der Waals surface area contributed by atoms with Crippen molar-refractivity contribution in [2.24, 2.45) is 0 Å². The maximum absolute atomic E-state index is 11.2. The number of anilines is 2. The number of hydrogen-bond acceptors (Lipinski definition) is 4. The Morgan fingerprint density at radius 2 is 2.29 bits per heavy atom. The van der Waals surface area contributed by atoms with E-state index in [-0.39, 0.29) is 5.95 Å². The Morgan fingerprint density at radius 1 is 1.64 bits per heavy atom. The Balaban J connectivity index is 2.50. The maximum atomic E-state index is 11.2. The number of carbonyl (C=O) groups is 1. The van der Waals surface area contributed by atoms with Gasteiger partial charge < -0.3 is 15.5 Å². The molecule has 6 nitrogen and oxygen atoms in total. The van der Waals surface area contributed by atoms with Gasteiger partial charge in [0.2, 0.25) is 5.95 Å². The van der Waals surface area contributed by atoms with Crippen LogP contribution in [0.2, 0.25) is 0 Å². The summed E-state index contributed by atoms with van der Waals surface area (Å²) in [6.07, 6.45) is 0.846. The molecule has 0 fully saturated rings. The molecule has 6 heteroatoms. The lowest BCUT2D eigenvalue weighted by Crippen LogP contribution is -2.27. The normalized spacial score (nSPS) is 11.1. The van der Waals surface area contributed by atoms with Crippen molar-refractivity contribution >= 4 is 17.9 Å². The van der Waals surface area contributed by atoms with Gasteiger partial charge >= 0.3 is 6.09 Å². The van der Waals surface area contributed by atoms with Gasteiger partial charge in [0.1, 0.15) is 11.4 Å². The molecule has 0 aromatic carbocycles. The van der Waals surface area contributed by atoms with Crippen molar-refractivity contribution in [1.82, 2.24) is 9.97 Å². The van der Waals surface area contributed by atoms with Gasteiger partial charge in [0.15, 0.2) is 0 Å². The van der Waals surface area contributed by atoms with Crippen LogP contribution in [0.4, 0.5) is 16.6 Å². The summed E-state index contributed by atoms with van der Waals surface area (Å²) < 4.78 is 5.00. The highest BCUT2D eigenvalue weighted by Gasteiger charge is 2.16. The highest BCUT2D eigenvalue weighted by molar-refractivity contribution is 5.82. The fourth-order valence-electron chi connectivity index (χ4n) is 0.799. The molecule has 14 heavy (non-hydrogen) atoms. The van der Waals surface area contributed by atoms with Gasteiger partial charge in [-0.2, -0.15) is 0 Å². The van der Waals surface area contributed by atoms with Crippen LogP contribution in [-0.2, 0) is 4.74 Å². The van der Waals surface area contributed by atoms with Crippen LogP contribution in [0.3, 0.4) is 0 Å². The SMILES string of the molecule is CC(C)(C)OC(=O)Nc1ncc(N)[nH]1. The smallest absolute Gasteiger partial charge is 0.414 e. The van der Waals surface area contributed by atoms with Gasteiger partial charge in [-0.1, -0.05) is 0 Å². The minimum absolute atomic E-state index is 0.275. The quantitative estimate of drug-likeness (QED) is 0.634. The molecule has 1 aromatic rings. The molecule has 0 bridgehead atoms. The Bertz CT molecular complexity index is 326. The van der Waals surface area contributed by atoms with Crippen LogP contribution in [0.1, 0.15) is 20.8 Å². The number of carbonyl (C=O) groups excluding carboxylic acids is 1. The van der Waals surface area contributed by atoms with E-state index in [0.29, 0.717) is 5.82 Å². The average Bonchev–Trinajstić information content (AvgIpc) is 2.30. The Kier molecular flexibility index (Phi) is 2.64. The van der Waals surface area contributed by atoms with Crippen molar-refractivity contribution in [1.29, 1.82) is 0 Å². The van der Waals surface area contributed by atoms with Gasteiger partial charge in [-0.25, -0.2) is 9.78 Å². The third-order valence-corrected chi connectivity index (χ3v) is 1.21. The average molecular weight is 198 g/mol. The number of hydrogen-bond donors (Lipinski definition) is 3. The molecular formula is C8H14N4O2. The van der Waals surface area contributed by atoms with E-state index in [0.717, 1.165) is 0 Å². The standard InChI is InChI=1S/C8H14N4O2/c1-8(2,3)14-7(13)12-6-10-4-5(9)11-6/h4H,9H2,1-3H3,(H2,10,11,12,13). The van der Waals surface area contributed by atoms with E-state index < -0.39 is 11.7 Å². The van der Waals surface area contributed by atoms with Crippen LogP contribution in [-0.4, -0.2) is 21.7 Å². The molecule has 4 N–H and O–H groups in total. The first-order valence-electron chi connectivity index (χ1n) is 4.17. The summed E-state index contributed by atoms with van der Waals surface area (Å²) in [5.74, 6) is 0.660. The van der Waals surface area contributed by atoms with Gasteiger partial charge in [0, 0.05) is 0 Å². The molecule has 78 valence electrons. The van der Waals surface area contributed by atoms with E-state index in [1.807, 2.05) is 0 Å². The predicted octanol–water partition coefficient (Wildman–Crippen LogP) is 1.34. The predicted molar refractivity (Wildman–Crippen MR) is 52.9 cm³/mol. The molecule has 1 amide bonds. The molecule has 0 aliphatic rings. The van der Waals surface area contributed by atoms with Crippen LogP contribution in [0.15, 0.2) is 6.20 Å². The van der Waals surface area contributed by atoms with E-state index in [9.17, 15) is 4.79 Å². The van der Waals surface area contributed by atoms with E-state index in [1.54, 1.807) is 20.8 Å². The maximum Gasteiger partial charge on any atom is 0.414 e. The van der Waals surface area contributed by atoms with Crippen molar-refractivity contribution in [3.8, 4) is 0 Å². The lowest BCUT2D eigenvalue weighted by molar-refractivity contribution is 0.0635. The first-order chi connectivity index (χ1) is 6.37. The van der Waals surface area contributed by atoms with Crippen LogP contribution < -0.4 is 11.1 Å². The molecular weight excluding hydrogens is 184 g/mol. The lowest BCUT2D eigenvalue weighted by Gasteiger charge is -2.18. The van der Waals surface area contributed by atoms with Gasteiger partial charge in [-0.05, 0) is 20.8 Å². The molecule has 1 heterocycles. The second-order valence-electron chi connectivity index (χ2n) is 3.81. The third kappa shape index (κ3) is 3.34. The number of imidazole rings is 1. The largest absolute Gasteiger partial charge is 0.444 e. The van der Waals surface area contributed by atoms with Crippen molar-refractivity contribution in [2.45, 2.75) is 26.4 Å². The summed E-state index contributed by atoms with van der Waals surface area (Å²) in [6.45, 7) is 5.34. The number of nitrogen functional groups attached to an aromatic ring is 1. The summed E-state index contributed by atoms with van der Waals surface area (Å²) in [5.41, 5.74) is 4.85. The van der Waals surface area contributed by atoms with Gasteiger partial charge in [0.25, 0.3) is 0 Å². The summed E-state index contributed by atoms with van der Waals surface area (Å²) in [6, 6.07) is 0. The van der Waals surface area contributed by atoms with Crippen molar-refractivity contribution in [3.05, 3.63) is 6.20 Å². The molecule has 1 aromatic heterocycles. The van der Waals surface area contributed by atoms with Crippen molar-refractivity contribution in [3.63, 3.8) is 0 Å². The van der Waals surface area contributed by atoms with Crippen molar-refractivity contribution in [2.75, 3.05) is 11.1 Å². The van der Waals surface area contributed by atoms with E-state index >= 15 is 0 Å². The van der Waals surface area contributed by atoms with E-state index in [4.69, 9.17) is 10.5 Å². The monoisotopic (exact) mass is 198 g/mol.